The zero-order valence-corrected chi connectivity index (χ0v) is 11.5. The Balaban J connectivity index is 1.71. The highest BCUT2D eigenvalue weighted by atomic mass is 16.7. The van der Waals surface area contributed by atoms with E-state index in [-0.39, 0.29) is 11.4 Å². The minimum absolute atomic E-state index is 0.00692. The fourth-order valence-corrected chi connectivity index (χ4v) is 3.88. The van der Waals surface area contributed by atoms with Gasteiger partial charge in [0.05, 0.1) is 25.4 Å². The normalized spacial score (nSPS) is 34.5. The molecule has 1 saturated carbocycles. The van der Waals surface area contributed by atoms with Crippen molar-refractivity contribution in [2.75, 3.05) is 26.4 Å². The Kier molecular flexibility index (Phi) is 3.39. The molecule has 2 saturated heterocycles. The van der Waals surface area contributed by atoms with Gasteiger partial charge in [0.15, 0.2) is 5.79 Å². The van der Waals surface area contributed by atoms with Gasteiger partial charge in [0, 0.05) is 25.4 Å². The highest BCUT2D eigenvalue weighted by molar-refractivity contribution is 5.02. The molecule has 4 nitrogen and oxygen atoms in total. The highest BCUT2D eigenvalue weighted by Crippen LogP contribution is 2.45. The number of morpholine rings is 1. The Labute approximate surface area is 109 Å². The van der Waals surface area contributed by atoms with Crippen LogP contribution in [0.25, 0.3) is 0 Å². The molecule has 1 unspecified atom stereocenters. The van der Waals surface area contributed by atoms with Crippen molar-refractivity contribution in [2.45, 2.75) is 57.0 Å². The van der Waals surface area contributed by atoms with Crippen LogP contribution in [-0.2, 0) is 14.2 Å². The Hall–Kier alpha value is -0.160. The first-order valence-corrected chi connectivity index (χ1v) is 7.31. The lowest BCUT2D eigenvalue weighted by Crippen LogP contribution is -2.62. The Morgan fingerprint density at radius 2 is 1.61 bits per heavy atom. The maximum absolute atomic E-state index is 6.21. The van der Waals surface area contributed by atoms with Gasteiger partial charge in [0.25, 0.3) is 0 Å². The summed E-state index contributed by atoms with van der Waals surface area (Å²) < 4.78 is 17.8. The molecule has 1 atom stereocenters. The largest absolute Gasteiger partial charge is 0.372 e. The molecule has 3 aliphatic rings. The third-order valence-corrected chi connectivity index (χ3v) is 4.76. The van der Waals surface area contributed by atoms with Gasteiger partial charge in [-0.25, -0.2) is 0 Å². The average molecular weight is 255 g/mol. The summed E-state index contributed by atoms with van der Waals surface area (Å²) in [4.78, 5) is 0. The number of rotatable bonds is 1. The predicted octanol–water partition coefficient (Wildman–Crippen LogP) is 1.69. The van der Waals surface area contributed by atoms with Crippen LogP contribution in [0.2, 0.25) is 0 Å². The molecule has 2 aliphatic heterocycles. The number of nitrogens with one attached hydrogen (secondary N) is 1. The molecule has 0 aromatic carbocycles. The fraction of sp³-hybridized carbons (Fsp3) is 1.00. The molecule has 0 amide bonds. The van der Waals surface area contributed by atoms with Gasteiger partial charge in [-0.15, -0.1) is 0 Å². The van der Waals surface area contributed by atoms with Gasteiger partial charge in [-0.2, -0.15) is 0 Å². The number of hydrogen-bond donors (Lipinski definition) is 1. The lowest BCUT2D eigenvalue weighted by molar-refractivity contribution is -0.224. The standard InChI is InChI=1S/C14H25NO3/c1-11(2)12-13(16-8-7-15-12)3-5-14(6-4-13)17-9-10-18-14/h11-12,15H,3-10H2,1-2H3. The SMILES string of the molecule is CC(C)C1NCCOC12CCC1(CC2)OCCO1. The maximum Gasteiger partial charge on any atom is 0.168 e. The van der Waals surface area contributed by atoms with E-state index in [0.29, 0.717) is 12.0 Å². The molecule has 18 heavy (non-hydrogen) atoms. The van der Waals surface area contributed by atoms with Gasteiger partial charge < -0.3 is 19.5 Å². The number of ether oxygens (including phenoxy) is 3. The Morgan fingerprint density at radius 3 is 2.22 bits per heavy atom. The summed E-state index contributed by atoms with van der Waals surface area (Å²) in [5.41, 5.74) is 0.00692. The van der Waals surface area contributed by atoms with Gasteiger partial charge in [0.2, 0.25) is 0 Å². The minimum Gasteiger partial charge on any atom is -0.372 e. The fourth-order valence-electron chi connectivity index (χ4n) is 3.88. The molecule has 2 heterocycles. The third-order valence-electron chi connectivity index (χ3n) is 4.76. The molecule has 3 rings (SSSR count). The van der Waals surface area contributed by atoms with Crippen molar-refractivity contribution in [3.8, 4) is 0 Å². The van der Waals surface area contributed by atoms with E-state index in [9.17, 15) is 0 Å². The molecule has 104 valence electrons. The van der Waals surface area contributed by atoms with Crippen molar-refractivity contribution in [3.63, 3.8) is 0 Å². The summed E-state index contributed by atoms with van der Waals surface area (Å²) in [6, 6.07) is 0.463. The van der Waals surface area contributed by atoms with Gasteiger partial charge in [0.1, 0.15) is 0 Å². The summed E-state index contributed by atoms with van der Waals surface area (Å²) in [5.74, 6) is 0.317. The average Bonchev–Trinajstić information content (AvgIpc) is 2.83. The lowest BCUT2D eigenvalue weighted by Gasteiger charge is -2.51. The van der Waals surface area contributed by atoms with Crippen molar-refractivity contribution in [1.82, 2.24) is 5.32 Å². The zero-order chi connectivity index (χ0) is 12.6. The van der Waals surface area contributed by atoms with Crippen molar-refractivity contribution in [2.24, 2.45) is 5.92 Å². The maximum atomic E-state index is 6.21. The Morgan fingerprint density at radius 1 is 0.944 bits per heavy atom. The molecule has 0 aromatic heterocycles. The van der Waals surface area contributed by atoms with Crippen LogP contribution in [0, 0.1) is 5.92 Å². The summed E-state index contributed by atoms with van der Waals surface area (Å²) in [5, 5.41) is 3.65. The molecule has 0 aromatic rings. The summed E-state index contributed by atoms with van der Waals surface area (Å²) in [7, 11) is 0. The first-order valence-electron chi connectivity index (χ1n) is 7.31. The van der Waals surface area contributed by atoms with Gasteiger partial charge in [-0.05, 0) is 18.8 Å². The van der Waals surface area contributed by atoms with Gasteiger partial charge >= 0.3 is 0 Å². The van der Waals surface area contributed by atoms with Crippen LogP contribution in [-0.4, -0.2) is 43.8 Å². The Bertz CT molecular complexity index is 289. The molecule has 4 heteroatoms. The van der Waals surface area contributed by atoms with E-state index in [2.05, 4.69) is 19.2 Å². The van der Waals surface area contributed by atoms with Crippen LogP contribution in [0.4, 0.5) is 0 Å². The van der Waals surface area contributed by atoms with Crippen LogP contribution in [0.3, 0.4) is 0 Å². The first kappa shape index (κ1) is 12.9. The molecule has 0 bridgehead atoms. The van der Waals surface area contributed by atoms with E-state index in [4.69, 9.17) is 14.2 Å². The summed E-state index contributed by atoms with van der Waals surface area (Å²) in [6.45, 7) is 7.86. The van der Waals surface area contributed by atoms with E-state index in [0.717, 1.165) is 52.0 Å². The van der Waals surface area contributed by atoms with E-state index < -0.39 is 0 Å². The predicted molar refractivity (Wildman–Crippen MR) is 68.4 cm³/mol. The summed E-state index contributed by atoms with van der Waals surface area (Å²) in [6.07, 6.45) is 4.03. The molecule has 2 spiro atoms. The van der Waals surface area contributed by atoms with E-state index in [1.807, 2.05) is 0 Å². The molecular weight excluding hydrogens is 230 g/mol. The third kappa shape index (κ3) is 2.09. The molecule has 1 aliphatic carbocycles. The van der Waals surface area contributed by atoms with Gasteiger partial charge in [-0.3, -0.25) is 0 Å². The monoisotopic (exact) mass is 255 g/mol. The quantitative estimate of drug-likeness (QED) is 0.774. The second-order valence-electron chi connectivity index (χ2n) is 6.20. The molecule has 0 radical (unpaired) electrons. The van der Waals surface area contributed by atoms with Crippen LogP contribution in [0.15, 0.2) is 0 Å². The van der Waals surface area contributed by atoms with Crippen LogP contribution in [0.5, 0.6) is 0 Å². The van der Waals surface area contributed by atoms with Gasteiger partial charge in [-0.1, -0.05) is 13.8 Å². The second kappa shape index (κ2) is 4.75. The van der Waals surface area contributed by atoms with Crippen molar-refractivity contribution < 1.29 is 14.2 Å². The first-order chi connectivity index (χ1) is 8.66. The van der Waals surface area contributed by atoms with Crippen LogP contribution in [0.1, 0.15) is 39.5 Å². The smallest absolute Gasteiger partial charge is 0.168 e. The van der Waals surface area contributed by atoms with Crippen LogP contribution >= 0.6 is 0 Å². The highest BCUT2D eigenvalue weighted by Gasteiger charge is 2.51. The van der Waals surface area contributed by atoms with E-state index in [1.165, 1.54) is 0 Å². The van der Waals surface area contributed by atoms with Crippen LogP contribution < -0.4 is 5.32 Å². The van der Waals surface area contributed by atoms with E-state index in [1.54, 1.807) is 0 Å². The molecule has 1 N–H and O–H groups in total. The zero-order valence-electron chi connectivity index (χ0n) is 11.5. The van der Waals surface area contributed by atoms with Crippen molar-refractivity contribution in [3.05, 3.63) is 0 Å². The summed E-state index contributed by atoms with van der Waals surface area (Å²) >= 11 is 0. The van der Waals surface area contributed by atoms with Crippen molar-refractivity contribution >= 4 is 0 Å². The minimum atomic E-state index is -0.284. The molecular formula is C14H25NO3. The van der Waals surface area contributed by atoms with Crippen molar-refractivity contribution in [1.29, 1.82) is 0 Å². The lowest BCUT2D eigenvalue weighted by atomic mass is 9.72. The molecule has 3 fully saturated rings. The number of hydrogen-bond acceptors (Lipinski definition) is 4. The second-order valence-corrected chi connectivity index (χ2v) is 6.20. The van der Waals surface area contributed by atoms with E-state index >= 15 is 0 Å². The topological polar surface area (TPSA) is 39.7 Å².